The van der Waals surface area contributed by atoms with Crippen molar-refractivity contribution >= 4 is 105 Å². The van der Waals surface area contributed by atoms with Crippen molar-refractivity contribution in [1.29, 1.82) is 0 Å². The van der Waals surface area contributed by atoms with Gasteiger partial charge in [-0.05, 0) is 117 Å². The Kier molecular flexibility index (Phi) is 39.1. The van der Waals surface area contributed by atoms with Crippen LogP contribution in [-0.2, 0) is 102 Å². The molecule has 2 saturated heterocycles. The maximum Gasteiger partial charge on any atom is 0.305 e. The summed E-state index contributed by atoms with van der Waals surface area (Å²) in [6.45, 7) is 21.8. The van der Waals surface area contributed by atoms with Crippen LogP contribution in [-0.4, -0.2) is 257 Å². The number of carbonyl (C=O) groups is 13. The number of aryl methyl sites for hydroxylation is 1. The quantitative estimate of drug-likeness (QED) is 0.0113. The molecule has 3 aromatic carbocycles. The van der Waals surface area contributed by atoms with Crippen LogP contribution in [0.25, 0.3) is 10.9 Å². The van der Waals surface area contributed by atoms with Gasteiger partial charge in [0.15, 0.2) is 0 Å². The zero-order chi connectivity index (χ0) is 88.9. The first-order chi connectivity index (χ1) is 57.6. The zero-order valence-corrected chi connectivity index (χ0v) is 74.2. The molecule has 0 aliphatic carbocycles. The molecule has 7 rings (SSSR count). The average molecular weight is 1700 g/mol. The number of likely N-dealkylation sites (tertiary alicyclic amines) is 2. The normalized spacial score (nSPS) is 16.3. The van der Waals surface area contributed by atoms with Gasteiger partial charge in [0.2, 0.25) is 58.9 Å². The third-order valence-electron chi connectivity index (χ3n) is 23.3. The van der Waals surface area contributed by atoms with Gasteiger partial charge in [-0.2, -0.15) is 0 Å². The Morgan fingerprint density at radius 1 is 0.669 bits per heavy atom. The first kappa shape index (κ1) is 98.3. The number of ketones is 2. The highest BCUT2D eigenvalue weighted by molar-refractivity contribution is 7.09. The first-order valence-electron chi connectivity index (χ1n) is 42.4. The van der Waals surface area contributed by atoms with E-state index in [1.807, 2.05) is 91.8 Å². The number of carboxylic acids is 1. The number of hydrazine groups is 1. The van der Waals surface area contributed by atoms with Crippen LogP contribution in [0.15, 0.2) is 96.5 Å². The van der Waals surface area contributed by atoms with Gasteiger partial charge in [-0.25, -0.2) is 9.99 Å². The van der Waals surface area contributed by atoms with E-state index in [2.05, 4.69) is 53.7 Å². The molecule has 31 nitrogen and oxygen atoms in total. The molecule has 0 spiro atoms. The maximum absolute atomic E-state index is 15.0. The second-order valence-electron chi connectivity index (χ2n) is 33.0. The average Bonchev–Trinajstić information content (AvgIpc) is 1.70. The highest BCUT2D eigenvalue weighted by Gasteiger charge is 2.46. The van der Waals surface area contributed by atoms with Crippen molar-refractivity contribution in [3.63, 3.8) is 0 Å². The summed E-state index contributed by atoms with van der Waals surface area (Å²) in [5.41, 5.74) is 6.96. The monoisotopic (exact) mass is 1700 g/mol. The summed E-state index contributed by atoms with van der Waals surface area (Å²) in [6.07, 6.45) is 3.24. The fourth-order valence-corrected chi connectivity index (χ4v) is 16.9. The Morgan fingerprint density at radius 3 is 1.94 bits per heavy atom. The molecule has 2 fully saturated rings. The number of amides is 10. The van der Waals surface area contributed by atoms with Crippen LogP contribution in [0.1, 0.15) is 168 Å². The number of nitrogens with one attached hydrogen (secondary N) is 6. The van der Waals surface area contributed by atoms with Crippen LogP contribution in [0.2, 0.25) is 0 Å². The van der Waals surface area contributed by atoms with Gasteiger partial charge in [-0.15, -0.1) is 11.3 Å². The van der Waals surface area contributed by atoms with Crippen LogP contribution in [0.3, 0.4) is 0 Å². The summed E-state index contributed by atoms with van der Waals surface area (Å²) in [4.78, 5) is 193. The molecule has 0 radical (unpaired) electrons. The number of thiazole rings is 1. The number of aliphatic carboxylic acids is 1. The standard InChI is InChI=1S/C89H130N14O17S/c1-17-58(8)81(68(61(11)104)53-76(109)103-40-23-28-71(103)82(118-16)59(9)83(112)94-69(87-91-39-49-121-87)50-62-24-19-18-20-25-62)99(15)89(117)79(56(4)5)96-86(115)80(57(6)7)98(14)88(116)72(105)51-63-29-31-65(32-30-63)93-84(113)60(10)92-85(114)78(55(2)3)95-73(106)33-34-75(108)102(44-46-120-48-47-119-45-38-77(110)111)66-35-41-100(42-36-66)74(107)37-43-101-67(54-97(13)90-12)52-64-26-21-22-27-70(64)101/h18-22,24-27,29-32,39,49,52,55-60,66,68-69,71,78-82,90H,17,23,28,33-38,40-48,50-51,53-54H2,1-16H3,(H,92,114)(H,93,113)(H,94,112)(H,95,106)(H,96,115)(H,110,111)/t58-,59+,60-,68-,69-,71-,78-,79-,80-,81-,82+/m0/s1. The number of carbonyl (C=O) groups excluding carboxylic acids is 12. The van der Waals surface area contributed by atoms with Gasteiger partial charge >= 0.3 is 5.97 Å². The number of Topliss-reactive ketones (excluding diaryl/α,β-unsaturated/α-hetero) is 2. The third kappa shape index (κ3) is 28.4. The molecule has 5 aromatic rings. The summed E-state index contributed by atoms with van der Waals surface area (Å²) in [5.74, 6) is -10.6. The van der Waals surface area contributed by atoms with Crippen LogP contribution in [0, 0.1) is 35.5 Å². The maximum atomic E-state index is 15.0. The lowest BCUT2D eigenvalue weighted by Gasteiger charge is -2.41. The molecule has 32 heteroatoms. The lowest BCUT2D eigenvalue weighted by atomic mass is 9.81. The number of likely N-dealkylation sites (N-methyl/N-ethyl adjacent to an activating group) is 2. The van der Waals surface area contributed by atoms with E-state index in [9.17, 15) is 57.5 Å². The largest absolute Gasteiger partial charge is 0.481 e. The smallest absolute Gasteiger partial charge is 0.305 e. The Balaban J connectivity index is 0.897. The summed E-state index contributed by atoms with van der Waals surface area (Å²) in [6, 6.07) is 19.5. The fraction of sp³-hybridized carbons (Fsp3) is 0.596. The summed E-state index contributed by atoms with van der Waals surface area (Å²) >= 11 is 1.45. The van der Waals surface area contributed by atoms with E-state index in [1.165, 1.54) is 68.5 Å². The molecule has 10 amide bonds. The topological polar surface area (TPSA) is 379 Å². The minimum absolute atomic E-state index is 0.00426. The number of aromatic nitrogens is 2. The van der Waals surface area contributed by atoms with Crippen LogP contribution >= 0.6 is 11.3 Å². The highest BCUT2D eigenvalue weighted by atomic mass is 32.1. The SMILES string of the molecule is CC[C@H](C)[C@@H]([C@@H](CC(=O)N1CCC[C@H]1[C@H](OC)[C@@H](C)C(=O)N[C@@H](Cc1ccccc1)c1nccs1)C(C)=O)N(C)C(=O)[C@@H](NC(=O)[C@H](C(C)C)N(C)C(=O)C(=O)Cc1ccc(NC(=O)[C@H](C)NC(=O)[C@@H](NC(=O)CCC(=O)N(CCOCCOCCC(=O)O)C2CCN(C(=O)CCn3c(CN(C)NC)cc4ccccc43)CC2)C(C)C)cc1)C(C)C. The van der Waals surface area contributed by atoms with Crippen molar-refractivity contribution in [2.75, 3.05) is 93.2 Å². The number of nitrogens with zero attached hydrogens (tertiary/aromatic N) is 8. The minimum Gasteiger partial charge on any atom is -0.481 e. The highest BCUT2D eigenvalue weighted by Crippen LogP contribution is 2.34. The van der Waals surface area contributed by atoms with Crippen LogP contribution in [0.4, 0.5) is 5.69 Å². The number of rotatable bonds is 49. The van der Waals surface area contributed by atoms with E-state index >= 15 is 4.79 Å². The lowest BCUT2D eigenvalue weighted by molar-refractivity contribution is -0.150. The summed E-state index contributed by atoms with van der Waals surface area (Å²) in [5, 5.41) is 28.9. The molecule has 2 aliphatic rings. The van der Waals surface area contributed by atoms with Crippen molar-refractivity contribution in [1.82, 2.24) is 65.8 Å². The van der Waals surface area contributed by atoms with Gasteiger partial charge in [0.05, 0.1) is 63.5 Å². The van der Waals surface area contributed by atoms with Gasteiger partial charge in [0, 0.05) is 140 Å². The van der Waals surface area contributed by atoms with Gasteiger partial charge in [0.1, 0.15) is 35.0 Å². The van der Waals surface area contributed by atoms with Crippen molar-refractivity contribution in [2.24, 2.45) is 35.5 Å². The number of ether oxygens (including phenoxy) is 3. The minimum atomic E-state index is -1.23. The number of hydrogen-bond donors (Lipinski definition) is 7. The number of para-hydroxylation sites is 1. The Labute approximate surface area is 716 Å². The second-order valence-corrected chi connectivity index (χ2v) is 34.0. The molecule has 11 atom stereocenters. The van der Waals surface area contributed by atoms with Gasteiger partial charge < -0.3 is 75.0 Å². The molecule has 4 heterocycles. The summed E-state index contributed by atoms with van der Waals surface area (Å²) in [7, 11) is 8.23. The van der Waals surface area contributed by atoms with E-state index < -0.39 is 125 Å². The van der Waals surface area contributed by atoms with E-state index in [4.69, 9.17) is 19.3 Å². The van der Waals surface area contributed by atoms with Gasteiger partial charge in [0.25, 0.3) is 5.91 Å². The predicted octanol–water partition coefficient (Wildman–Crippen LogP) is 7.39. The van der Waals surface area contributed by atoms with Gasteiger partial charge in [-0.3, -0.25) is 67.8 Å². The molecule has 664 valence electrons. The van der Waals surface area contributed by atoms with E-state index in [1.54, 1.807) is 71.5 Å². The molecule has 2 aromatic heterocycles. The molecule has 0 bridgehead atoms. The number of fused-ring (bicyclic) bond motifs is 1. The van der Waals surface area contributed by atoms with E-state index in [0.717, 1.165) is 32.1 Å². The van der Waals surface area contributed by atoms with Crippen LogP contribution < -0.4 is 32.0 Å². The molecular formula is C89H130N14O17S. The number of anilines is 1. The Morgan fingerprint density at radius 2 is 1.33 bits per heavy atom. The number of benzene rings is 3. The lowest BCUT2D eigenvalue weighted by Crippen LogP contribution is -2.60. The first-order valence-corrected chi connectivity index (χ1v) is 43.3. The Bertz CT molecular complexity index is 4270. The zero-order valence-electron chi connectivity index (χ0n) is 73.4. The van der Waals surface area contributed by atoms with Crippen molar-refractivity contribution in [3.8, 4) is 0 Å². The van der Waals surface area contributed by atoms with E-state index in [-0.39, 0.29) is 113 Å². The van der Waals surface area contributed by atoms with Crippen LogP contribution in [0.5, 0.6) is 0 Å². The summed E-state index contributed by atoms with van der Waals surface area (Å²) < 4.78 is 19.4. The molecular weight excluding hydrogens is 1570 g/mol. The molecule has 0 unspecified atom stereocenters. The predicted molar refractivity (Wildman–Crippen MR) is 460 cm³/mol. The Hall–Kier alpha value is -9.86. The fourth-order valence-electron chi connectivity index (χ4n) is 16.2. The van der Waals surface area contributed by atoms with Crippen molar-refractivity contribution in [3.05, 3.63) is 118 Å². The number of piperidine rings is 1. The molecule has 121 heavy (non-hydrogen) atoms. The molecule has 2 aliphatic heterocycles. The van der Waals surface area contributed by atoms with E-state index in [0.29, 0.717) is 82.5 Å². The number of carboxylic acid groups (broad SMARTS) is 1. The van der Waals surface area contributed by atoms with Crippen molar-refractivity contribution < 1.29 is 81.6 Å². The number of hydrogen-bond acceptors (Lipinski definition) is 20. The second kappa shape index (κ2) is 48.1. The van der Waals surface area contributed by atoms with Crippen molar-refractivity contribution in [2.45, 2.75) is 221 Å². The molecule has 0 saturated carbocycles. The number of methoxy groups -OCH3 is 1. The third-order valence-corrected chi connectivity index (χ3v) is 24.2. The molecule has 7 N–H and O–H groups in total. The van der Waals surface area contributed by atoms with Gasteiger partial charge in [-0.1, -0.05) is 129 Å².